The third-order valence-corrected chi connectivity index (χ3v) is 5.48. The van der Waals surface area contributed by atoms with Gasteiger partial charge in [-0.05, 0) is 24.1 Å². The van der Waals surface area contributed by atoms with Gasteiger partial charge in [0, 0.05) is 25.0 Å². The van der Waals surface area contributed by atoms with Crippen molar-refractivity contribution in [2.24, 2.45) is 0 Å². The van der Waals surface area contributed by atoms with Crippen LogP contribution in [0.3, 0.4) is 0 Å². The predicted molar refractivity (Wildman–Crippen MR) is 103 cm³/mol. The molecule has 1 aliphatic rings. The molecule has 2 aromatic heterocycles. The van der Waals surface area contributed by atoms with Crippen LogP contribution in [0.2, 0.25) is 0 Å². The van der Waals surface area contributed by atoms with Crippen LogP contribution in [0.15, 0.2) is 69.3 Å². The zero-order valence-corrected chi connectivity index (χ0v) is 15.5. The van der Waals surface area contributed by atoms with E-state index in [1.807, 2.05) is 36.4 Å². The second-order valence-corrected chi connectivity index (χ2v) is 7.36. The number of carbonyl (C=O) groups excluding carboxylic acids is 1. The van der Waals surface area contributed by atoms with Gasteiger partial charge >= 0.3 is 0 Å². The smallest absolute Gasteiger partial charge is 0.267 e. The SMILES string of the molecule is O=C(c1cnc2n(c1=O)CCS2)N(CCc1ccccc1)Cc1ccco1. The zero-order valence-electron chi connectivity index (χ0n) is 14.7. The second-order valence-electron chi connectivity index (χ2n) is 6.30. The fourth-order valence-electron chi connectivity index (χ4n) is 3.09. The van der Waals surface area contributed by atoms with Crippen LogP contribution in [-0.4, -0.2) is 32.7 Å². The number of carbonyl (C=O) groups is 1. The van der Waals surface area contributed by atoms with Gasteiger partial charge in [-0.25, -0.2) is 4.98 Å². The van der Waals surface area contributed by atoms with Crippen molar-refractivity contribution in [1.29, 1.82) is 0 Å². The number of amides is 1. The molecule has 7 heteroatoms. The first-order valence-corrected chi connectivity index (χ1v) is 9.79. The molecule has 0 spiro atoms. The molecular formula is C20H19N3O3S. The van der Waals surface area contributed by atoms with Gasteiger partial charge in [-0.3, -0.25) is 14.2 Å². The topological polar surface area (TPSA) is 68.3 Å². The fraction of sp³-hybridized carbons (Fsp3) is 0.250. The summed E-state index contributed by atoms with van der Waals surface area (Å²) in [6.45, 7) is 1.39. The summed E-state index contributed by atoms with van der Waals surface area (Å²) in [5.41, 5.74) is 0.981. The average Bonchev–Trinajstić information content (AvgIpc) is 3.38. The number of fused-ring (bicyclic) bond motifs is 1. The first-order valence-electron chi connectivity index (χ1n) is 8.80. The van der Waals surface area contributed by atoms with Crippen LogP contribution in [0.5, 0.6) is 0 Å². The average molecular weight is 381 g/mol. The Kier molecular flexibility index (Phi) is 5.11. The summed E-state index contributed by atoms with van der Waals surface area (Å²) in [6.07, 6.45) is 3.69. The Morgan fingerprint density at radius 3 is 2.85 bits per heavy atom. The number of furan rings is 1. The normalized spacial score (nSPS) is 12.7. The maximum absolute atomic E-state index is 13.1. The van der Waals surface area contributed by atoms with Gasteiger partial charge in [0.2, 0.25) is 0 Å². The fourth-order valence-corrected chi connectivity index (χ4v) is 4.00. The molecule has 0 aliphatic carbocycles. The van der Waals surface area contributed by atoms with Crippen molar-refractivity contribution in [3.8, 4) is 0 Å². The molecular weight excluding hydrogens is 362 g/mol. The van der Waals surface area contributed by atoms with Gasteiger partial charge in [0.05, 0.1) is 12.8 Å². The molecule has 6 nitrogen and oxygen atoms in total. The maximum atomic E-state index is 13.1. The highest BCUT2D eigenvalue weighted by atomic mass is 32.2. The summed E-state index contributed by atoms with van der Waals surface area (Å²) in [6, 6.07) is 13.6. The molecule has 3 heterocycles. The number of hydrogen-bond acceptors (Lipinski definition) is 5. The minimum atomic E-state index is -0.313. The van der Waals surface area contributed by atoms with E-state index in [2.05, 4.69) is 4.98 Å². The number of aromatic nitrogens is 2. The molecule has 0 saturated heterocycles. The van der Waals surface area contributed by atoms with Gasteiger partial charge in [0.25, 0.3) is 11.5 Å². The Morgan fingerprint density at radius 1 is 1.22 bits per heavy atom. The third kappa shape index (κ3) is 3.83. The molecule has 0 N–H and O–H groups in total. The van der Waals surface area contributed by atoms with Crippen molar-refractivity contribution in [2.45, 2.75) is 24.7 Å². The predicted octanol–water partition coefficient (Wildman–Crippen LogP) is 2.83. The van der Waals surface area contributed by atoms with Gasteiger partial charge in [0.15, 0.2) is 5.16 Å². The largest absolute Gasteiger partial charge is 0.467 e. The molecule has 0 unspecified atom stereocenters. The first-order chi connectivity index (χ1) is 13.2. The lowest BCUT2D eigenvalue weighted by Gasteiger charge is -2.22. The van der Waals surface area contributed by atoms with Crippen LogP contribution in [0, 0.1) is 0 Å². The van der Waals surface area contributed by atoms with Gasteiger partial charge in [0.1, 0.15) is 11.3 Å². The molecule has 0 saturated carbocycles. The molecule has 1 aromatic carbocycles. The molecule has 0 radical (unpaired) electrons. The minimum Gasteiger partial charge on any atom is -0.467 e. The van der Waals surface area contributed by atoms with Crippen LogP contribution in [0.4, 0.5) is 0 Å². The third-order valence-electron chi connectivity index (χ3n) is 4.51. The zero-order chi connectivity index (χ0) is 18.6. The second kappa shape index (κ2) is 7.84. The van der Waals surface area contributed by atoms with E-state index in [1.165, 1.54) is 18.0 Å². The van der Waals surface area contributed by atoms with Crippen molar-refractivity contribution >= 4 is 17.7 Å². The van der Waals surface area contributed by atoms with E-state index in [1.54, 1.807) is 21.8 Å². The van der Waals surface area contributed by atoms with E-state index in [0.717, 1.165) is 11.3 Å². The summed E-state index contributed by atoms with van der Waals surface area (Å²) >= 11 is 1.53. The summed E-state index contributed by atoms with van der Waals surface area (Å²) in [4.78, 5) is 31.8. The number of nitrogens with zero attached hydrogens (tertiary/aromatic N) is 3. The van der Waals surface area contributed by atoms with Crippen LogP contribution in [-0.2, 0) is 19.5 Å². The lowest BCUT2D eigenvalue weighted by Crippen LogP contribution is -2.37. The summed E-state index contributed by atoms with van der Waals surface area (Å²) in [5, 5.41) is 0.679. The van der Waals surface area contributed by atoms with E-state index in [9.17, 15) is 9.59 Å². The van der Waals surface area contributed by atoms with E-state index < -0.39 is 0 Å². The van der Waals surface area contributed by atoms with E-state index in [0.29, 0.717) is 37.0 Å². The highest BCUT2D eigenvalue weighted by Gasteiger charge is 2.24. The van der Waals surface area contributed by atoms with E-state index in [4.69, 9.17) is 4.42 Å². The van der Waals surface area contributed by atoms with E-state index >= 15 is 0 Å². The van der Waals surface area contributed by atoms with Crippen LogP contribution in [0.1, 0.15) is 21.7 Å². The number of hydrogen-bond donors (Lipinski definition) is 0. The van der Waals surface area contributed by atoms with E-state index in [-0.39, 0.29) is 17.0 Å². The standard InChI is InChI=1S/C20H19N3O3S/c24-18(17-13-21-20-23(19(17)25)10-12-27-20)22(14-16-7-4-11-26-16)9-8-15-5-2-1-3-6-15/h1-7,11,13H,8-10,12,14H2. The minimum absolute atomic E-state index is 0.112. The van der Waals surface area contributed by atoms with Crippen molar-refractivity contribution in [3.63, 3.8) is 0 Å². The molecule has 0 fully saturated rings. The van der Waals surface area contributed by atoms with Crippen molar-refractivity contribution in [2.75, 3.05) is 12.3 Å². The molecule has 0 atom stereocenters. The monoisotopic (exact) mass is 381 g/mol. The van der Waals surface area contributed by atoms with Gasteiger partial charge in [-0.1, -0.05) is 42.1 Å². The number of thioether (sulfide) groups is 1. The molecule has 3 aromatic rings. The Morgan fingerprint density at radius 2 is 2.07 bits per heavy atom. The van der Waals surface area contributed by atoms with Crippen LogP contribution < -0.4 is 5.56 Å². The maximum Gasteiger partial charge on any atom is 0.267 e. The molecule has 138 valence electrons. The molecule has 1 amide bonds. The van der Waals surface area contributed by atoms with Gasteiger partial charge in [-0.2, -0.15) is 0 Å². The number of benzene rings is 1. The molecule has 0 bridgehead atoms. The summed E-state index contributed by atoms with van der Waals surface area (Å²) < 4.78 is 6.99. The van der Waals surface area contributed by atoms with Crippen LogP contribution in [0.25, 0.3) is 0 Å². The lowest BCUT2D eigenvalue weighted by atomic mass is 10.1. The van der Waals surface area contributed by atoms with Gasteiger partial charge < -0.3 is 9.32 Å². The number of rotatable bonds is 6. The Labute approximate surface area is 160 Å². The summed E-state index contributed by atoms with van der Waals surface area (Å²) in [7, 11) is 0. The Hall–Kier alpha value is -2.80. The molecule has 27 heavy (non-hydrogen) atoms. The quantitative estimate of drug-likeness (QED) is 0.614. The van der Waals surface area contributed by atoms with Crippen molar-refractivity contribution in [1.82, 2.24) is 14.5 Å². The first kappa shape index (κ1) is 17.6. The molecule has 1 aliphatic heterocycles. The van der Waals surface area contributed by atoms with Crippen molar-refractivity contribution in [3.05, 3.63) is 82.2 Å². The van der Waals surface area contributed by atoms with Crippen LogP contribution >= 0.6 is 11.8 Å². The Bertz CT molecular complexity index is 983. The molecule has 4 rings (SSSR count). The Balaban J connectivity index is 1.59. The van der Waals surface area contributed by atoms with Crippen molar-refractivity contribution < 1.29 is 9.21 Å². The highest BCUT2D eigenvalue weighted by molar-refractivity contribution is 7.99. The summed E-state index contributed by atoms with van der Waals surface area (Å²) in [5.74, 6) is 1.18. The van der Waals surface area contributed by atoms with Gasteiger partial charge in [-0.15, -0.1) is 0 Å². The lowest BCUT2D eigenvalue weighted by molar-refractivity contribution is 0.0730. The highest BCUT2D eigenvalue weighted by Crippen LogP contribution is 2.21.